The predicted molar refractivity (Wildman–Crippen MR) is 100 cm³/mol. The molecule has 0 unspecified atom stereocenters. The molecular formula is C18H15BrF3N3O3. The Kier molecular flexibility index (Phi) is 5.59. The van der Waals surface area contributed by atoms with Crippen molar-refractivity contribution in [1.29, 1.82) is 0 Å². The minimum absolute atomic E-state index is 0.118. The third kappa shape index (κ3) is 4.27. The molecular weight excluding hydrogens is 443 g/mol. The molecule has 1 fully saturated rings. The molecule has 2 aromatic carbocycles. The molecule has 1 amide bonds. The molecule has 1 aliphatic rings. The number of alkyl halides is 3. The van der Waals surface area contributed by atoms with Gasteiger partial charge in [-0.15, -0.1) is 0 Å². The summed E-state index contributed by atoms with van der Waals surface area (Å²) in [4.78, 5) is 26.3. The molecule has 0 saturated carbocycles. The normalized spacial score (nSPS) is 14.9. The zero-order valence-corrected chi connectivity index (χ0v) is 16.0. The summed E-state index contributed by atoms with van der Waals surface area (Å²) in [5.41, 5.74) is -1.02. The lowest BCUT2D eigenvalue weighted by atomic mass is 10.1. The van der Waals surface area contributed by atoms with E-state index in [-0.39, 0.29) is 24.7 Å². The zero-order valence-electron chi connectivity index (χ0n) is 14.4. The van der Waals surface area contributed by atoms with Crippen molar-refractivity contribution in [1.82, 2.24) is 4.90 Å². The number of piperazine rings is 1. The van der Waals surface area contributed by atoms with Crippen molar-refractivity contribution in [3.63, 3.8) is 0 Å². The maximum Gasteiger partial charge on any atom is 0.416 e. The quantitative estimate of drug-likeness (QED) is 0.507. The Labute approximate surface area is 166 Å². The molecule has 1 heterocycles. The van der Waals surface area contributed by atoms with Gasteiger partial charge in [0.15, 0.2) is 0 Å². The first-order chi connectivity index (χ1) is 13.2. The van der Waals surface area contributed by atoms with E-state index < -0.39 is 22.4 Å². The third-order valence-electron chi connectivity index (χ3n) is 4.48. The lowest BCUT2D eigenvalue weighted by Crippen LogP contribution is -2.49. The maximum atomic E-state index is 12.9. The highest BCUT2D eigenvalue weighted by Gasteiger charge is 2.34. The molecule has 0 spiro atoms. The summed E-state index contributed by atoms with van der Waals surface area (Å²) in [5, 5.41) is 11.3. The number of halogens is 4. The van der Waals surface area contributed by atoms with Crippen LogP contribution in [0.1, 0.15) is 15.9 Å². The number of rotatable bonds is 3. The molecule has 1 saturated heterocycles. The Morgan fingerprint density at radius 3 is 2.32 bits per heavy atom. The van der Waals surface area contributed by atoms with E-state index in [0.717, 1.165) is 16.6 Å². The summed E-state index contributed by atoms with van der Waals surface area (Å²) in [6.07, 6.45) is -4.65. The monoisotopic (exact) mass is 457 g/mol. The van der Waals surface area contributed by atoms with Gasteiger partial charge in [-0.05, 0) is 30.3 Å². The number of hydrogen-bond donors (Lipinski definition) is 0. The molecule has 148 valence electrons. The number of nitrogens with zero attached hydrogens (tertiary/aromatic N) is 3. The van der Waals surface area contributed by atoms with Crippen LogP contribution in [0.25, 0.3) is 0 Å². The van der Waals surface area contributed by atoms with Crippen molar-refractivity contribution in [2.45, 2.75) is 6.18 Å². The van der Waals surface area contributed by atoms with E-state index in [1.165, 1.54) is 0 Å². The van der Waals surface area contributed by atoms with E-state index in [1.807, 2.05) is 0 Å². The van der Waals surface area contributed by atoms with Gasteiger partial charge in [0, 0.05) is 42.3 Å². The minimum Gasteiger partial charge on any atom is -0.362 e. The van der Waals surface area contributed by atoms with Gasteiger partial charge in [0.05, 0.1) is 10.5 Å². The number of amides is 1. The summed E-state index contributed by atoms with van der Waals surface area (Å²) in [7, 11) is 0. The van der Waals surface area contributed by atoms with Gasteiger partial charge >= 0.3 is 6.18 Å². The predicted octanol–water partition coefficient (Wildman–Crippen LogP) is 4.34. The smallest absolute Gasteiger partial charge is 0.362 e. The number of benzene rings is 2. The summed E-state index contributed by atoms with van der Waals surface area (Å²) in [6, 6.07) is 9.45. The molecule has 28 heavy (non-hydrogen) atoms. The Morgan fingerprint density at radius 2 is 1.75 bits per heavy atom. The largest absolute Gasteiger partial charge is 0.416 e. The Balaban J connectivity index is 1.76. The summed E-state index contributed by atoms with van der Waals surface area (Å²) >= 11 is 3.31. The van der Waals surface area contributed by atoms with E-state index in [4.69, 9.17) is 0 Å². The highest BCUT2D eigenvalue weighted by Crippen LogP contribution is 2.36. The Bertz CT molecular complexity index is 912. The standard InChI is InChI=1S/C18H15BrF3N3O3/c19-14-3-1-2-12(10-14)17(26)24-8-6-23(7-9-24)15-5-4-13(18(20,21)22)11-16(15)25(27)28/h1-5,10-11H,6-9H2. The zero-order chi connectivity index (χ0) is 20.5. The lowest BCUT2D eigenvalue weighted by molar-refractivity contribution is -0.384. The number of carbonyl (C=O) groups excluding carboxylic acids is 1. The van der Waals surface area contributed by atoms with Gasteiger partial charge in [0.1, 0.15) is 5.69 Å². The van der Waals surface area contributed by atoms with Gasteiger partial charge in [0.2, 0.25) is 0 Å². The first-order valence-corrected chi connectivity index (χ1v) is 9.11. The second-order valence-corrected chi connectivity index (χ2v) is 7.16. The number of nitro benzene ring substituents is 1. The number of nitro groups is 1. The first kappa shape index (κ1) is 20.1. The second kappa shape index (κ2) is 7.78. The molecule has 6 nitrogen and oxygen atoms in total. The molecule has 0 aromatic heterocycles. The SMILES string of the molecule is O=C(c1cccc(Br)c1)N1CCN(c2ccc(C(F)(F)F)cc2[N+](=O)[O-])CC1. The van der Waals surface area contributed by atoms with Crippen LogP contribution in [-0.4, -0.2) is 41.9 Å². The fraction of sp³-hybridized carbons (Fsp3) is 0.278. The molecule has 2 aromatic rings. The van der Waals surface area contributed by atoms with E-state index in [2.05, 4.69) is 15.9 Å². The molecule has 10 heteroatoms. The van der Waals surface area contributed by atoms with E-state index in [1.54, 1.807) is 34.1 Å². The van der Waals surface area contributed by atoms with Gasteiger partial charge in [-0.2, -0.15) is 13.2 Å². The van der Waals surface area contributed by atoms with Crippen LogP contribution in [0.5, 0.6) is 0 Å². The van der Waals surface area contributed by atoms with Crippen LogP contribution in [0.2, 0.25) is 0 Å². The molecule has 0 atom stereocenters. The van der Waals surface area contributed by atoms with Gasteiger partial charge < -0.3 is 9.80 Å². The van der Waals surface area contributed by atoms with Gasteiger partial charge in [-0.3, -0.25) is 14.9 Å². The van der Waals surface area contributed by atoms with Crippen molar-refractivity contribution >= 4 is 33.2 Å². The molecule has 0 radical (unpaired) electrons. The van der Waals surface area contributed by atoms with Crippen molar-refractivity contribution < 1.29 is 22.9 Å². The average Bonchev–Trinajstić information content (AvgIpc) is 2.66. The van der Waals surface area contributed by atoms with E-state index in [0.29, 0.717) is 24.7 Å². The minimum atomic E-state index is -4.65. The van der Waals surface area contributed by atoms with Crippen LogP contribution in [0.3, 0.4) is 0 Å². The second-order valence-electron chi connectivity index (χ2n) is 6.25. The van der Waals surface area contributed by atoms with Crippen LogP contribution in [0.15, 0.2) is 46.9 Å². The first-order valence-electron chi connectivity index (χ1n) is 8.32. The van der Waals surface area contributed by atoms with Crippen molar-refractivity contribution in [2.75, 3.05) is 31.1 Å². The van der Waals surface area contributed by atoms with E-state index in [9.17, 15) is 28.1 Å². The Hall–Kier alpha value is -2.62. The van der Waals surface area contributed by atoms with Crippen molar-refractivity contribution in [3.8, 4) is 0 Å². The maximum absolute atomic E-state index is 12.9. The third-order valence-corrected chi connectivity index (χ3v) is 4.97. The lowest BCUT2D eigenvalue weighted by Gasteiger charge is -2.36. The molecule has 0 bridgehead atoms. The molecule has 1 aliphatic heterocycles. The number of hydrogen-bond acceptors (Lipinski definition) is 4. The van der Waals surface area contributed by atoms with Gasteiger partial charge in [-0.1, -0.05) is 22.0 Å². The summed E-state index contributed by atoms with van der Waals surface area (Å²) in [6.45, 7) is 1.19. The summed E-state index contributed by atoms with van der Waals surface area (Å²) < 4.78 is 39.3. The van der Waals surface area contributed by atoms with E-state index >= 15 is 0 Å². The highest BCUT2D eigenvalue weighted by molar-refractivity contribution is 9.10. The average molecular weight is 458 g/mol. The van der Waals surface area contributed by atoms with Crippen LogP contribution in [0, 0.1) is 10.1 Å². The van der Waals surface area contributed by atoms with Crippen LogP contribution in [-0.2, 0) is 6.18 Å². The fourth-order valence-electron chi connectivity index (χ4n) is 3.07. The van der Waals surface area contributed by atoms with Gasteiger partial charge in [-0.25, -0.2) is 0 Å². The van der Waals surface area contributed by atoms with Crippen LogP contribution < -0.4 is 4.90 Å². The summed E-state index contributed by atoms with van der Waals surface area (Å²) in [5.74, 6) is -0.164. The topological polar surface area (TPSA) is 66.7 Å². The van der Waals surface area contributed by atoms with Crippen LogP contribution in [0.4, 0.5) is 24.5 Å². The fourth-order valence-corrected chi connectivity index (χ4v) is 3.47. The Morgan fingerprint density at radius 1 is 1.07 bits per heavy atom. The number of carbonyl (C=O) groups is 1. The van der Waals surface area contributed by atoms with Crippen molar-refractivity contribution in [3.05, 3.63) is 68.2 Å². The molecule has 0 N–H and O–H groups in total. The highest BCUT2D eigenvalue weighted by atomic mass is 79.9. The number of anilines is 1. The van der Waals surface area contributed by atoms with Gasteiger partial charge in [0.25, 0.3) is 11.6 Å². The molecule has 3 rings (SSSR count). The van der Waals surface area contributed by atoms with Crippen molar-refractivity contribution in [2.24, 2.45) is 0 Å². The van der Waals surface area contributed by atoms with Crippen LogP contribution >= 0.6 is 15.9 Å². The molecule has 0 aliphatic carbocycles.